The third kappa shape index (κ3) is 5.09. The molecule has 1 heterocycles. The van der Waals surface area contributed by atoms with E-state index in [9.17, 15) is 4.79 Å². The highest BCUT2D eigenvalue weighted by atomic mass is 79.9. The lowest BCUT2D eigenvalue weighted by Gasteiger charge is -2.15. The third-order valence-electron chi connectivity index (χ3n) is 4.42. The molecule has 0 unspecified atom stereocenters. The van der Waals surface area contributed by atoms with Gasteiger partial charge in [0.05, 0.1) is 22.4 Å². The van der Waals surface area contributed by atoms with E-state index in [2.05, 4.69) is 15.9 Å². The Labute approximate surface area is 194 Å². The summed E-state index contributed by atoms with van der Waals surface area (Å²) in [6.07, 6.45) is 1.90. The number of benzene rings is 3. The number of anilines is 1. The summed E-state index contributed by atoms with van der Waals surface area (Å²) in [6.45, 7) is 3.96. The molecule has 3 aromatic carbocycles. The van der Waals surface area contributed by atoms with Gasteiger partial charge in [0.1, 0.15) is 5.75 Å². The van der Waals surface area contributed by atoms with Crippen LogP contribution in [0, 0.1) is 0 Å². The molecule has 0 N–H and O–H groups in total. The monoisotopic (exact) mass is 492 g/mol. The number of halogens is 1. The number of hydrogen-bond donors (Lipinski definition) is 0. The number of aliphatic imine (C=N–C) groups is 1. The molecular weight excluding hydrogens is 472 g/mol. The normalized spacial score (nSPS) is 16.5. The van der Waals surface area contributed by atoms with Crippen molar-refractivity contribution >= 4 is 56.2 Å². The molecule has 6 heteroatoms. The van der Waals surface area contributed by atoms with E-state index < -0.39 is 0 Å². The lowest BCUT2D eigenvalue weighted by atomic mass is 10.1. The quantitative estimate of drug-likeness (QED) is 0.358. The first-order valence-electron chi connectivity index (χ1n) is 9.90. The van der Waals surface area contributed by atoms with Crippen LogP contribution in [0.15, 0.2) is 93.2 Å². The maximum absolute atomic E-state index is 13.4. The van der Waals surface area contributed by atoms with Crippen LogP contribution in [0.4, 0.5) is 11.4 Å². The molecule has 1 saturated heterocycles. The smallest absolute Gasteiger partial charge is 0.271 e. The Kier molecular flexibility index (Phi) is 6.59. The van der Waals surface area contributed by atoms with Crippen molar-refractivity contribution in [2.75, 3.05) is 4.90 Å². The van der Waals surface area contributed by atoms with Gasteiger partial charge in [0.25, 0.3) is 5.91 Å². The zero-order valence-electron chi connectivity index (χ0n) is 17.2. The maximum atomic E-state index is 13.4. The van der Waals surface area contributed by atoms with E-state index in [1.165, 1.54) is 11.8 Å². The Morgan fingerprint density at radius 3 is 2.35 bits per heavy atom. The minimum absolute atomic E-state index is 0.0290. The summed E-state index contributed by atoms with van der Waals surface area (Å²) in [7, 11) is 0. The minimum atomic E-state index is -0.110. The lowest BCUT2D eigenvalue weighted by Crippen LogP contribution is -2.28. The van der Waals surface area contributed by atoms with Gasteiger partial charge in [-0.25, -0.2) is 4.99 Å². The van der Waals surface area contributed by atoms with E-state index in [0.29, 0.717) is 10.1 Å². The van der Waals surface area contributed by atoms with Crippen LogP contribution in [0.1, 0.15) is 19.4 Å². The van der Waals surface area contributed by atoms with Crippen LogP contribution in [0.3, 0.4) is 0 Å². The number of hydrogen-bond acceptors (Lipinski definition) is 4. The molecule has 1 amide bonds. The molecule has 0 aromatic heterocycles. The van der Waals surface area contributed by atoms with Gasteiger partial charge in [-0.1, -0.05) is 52.3 Å². The summed E-state index contributed by atoms with van der Waals surface area (Å²) in [4.78, 5) is 20.4. The van der Waals surface area contributed by atoms with Gasteiger partial charge in [-0.3, -0.25) is 9.69 Å². The molecule has 0 saturated carbocycles. The number of amidine groups is 1. The number of nitrogens with zero attached hydrogens (tertiary/aromatic N) is 2. The molecule has 4 nitrogen and oxygen atoms in total. The lowest BCUT2D eigenvalue weighted by molar-refractivity contribution is -0.113. The van der Waals surface area contributed by atoms with E-state index in [1.807, 2.05) is 98.8 Å². The van der Waals surface area contributed by atoms with Crippen LogP contribution in [-0.4, -0.2) is 17.2 Å². The van der Waals surface area contributed by atoms with Crippen molar-refractivity contribution in [1.29, 1.82) is 0 Å². The van der Waals surface area contributed by atoms with Crippen LogP contribution in [0.5, 0.6) is 5.75 Å². The zero-order valence-corrected chi connectivity index (χ0v) is 19.6. The molecule has 1 fully saturated rings. The SMILES string of the molecule is CC(C)Oc1ccc(Br)cc1/C=C1/SC(=Nc2ccccc2)N(c2ccccc2)C1=O. The van der Waals surface area contributed by atoms with Crippen molar-refractivity contribution in [2.24, 2.45) is 4.99 Å². The molecule has 1 aliphatic heterocycles. The third-order valence-corrected chi connectivity index (χ3v) is 5.88. The Hall–Kier alpha value is -2.83. The molecule has 0 radical (unpaired) electrons. The van der Waals surface area contributed by atoms with Gasteiger partial charge in [-0.2, -0.15) is 0 Å². The van der Waals surface area contributed by atoms with Gasteiger partial charge in [0.15, 0.2) is 5.17 Å². The second kappa shape index (κ2) is 9.54. The fourth-order valence-electron chi connectivity index (χ4n) is 3.10. The molecule has 156 valence electrons. The van der Waals surface area contributed by atoms with Crippen molar-refractivity contribution in [3.05, 3.63) is 93.8 Å². The highest BCUT2D eigenvalue weighted by molar-refractivity contribution is 9.10. The van der Waals surface area contributed by atoms with Gasteiger partial charge in [-0.15, -0.1) is 0 Å². The van der Waals surface area contributed by atoms with Crippen molar-refractivity contribution in [1.82, 2.24) is 0 Å². The predicted molar refractivity (Wildman–Crippen MR) is 133 cm³/mol. The molecule has 31 heavy (non-hydrogen) atoms. The Morgan fingerprint density at radius 2 is 1.68 bits per heavy atom. The first-order valence-corrected chi connectivity index (χ1v) is 11.5. The molecule has 4 rings (SSSR count). The summed E-state index contributed by atoms with van der Waals surface area (Å²) >= 11 is 4.88. The number of thioether (sulfide) groups is 1. The fourth-order valence-corrected chi connectivity index (χ4v) is 4.47. The number of rotatable bonds is 5. The van der Waals surface area contributed by atoms with E-state index >= 15 is 0 Å². The maximum Gasteiger partial charge on any atom is 0.271 e. The van der Waals surface area contributed by atoms with Crippen molar-refractivity contribution < 1.29 is 9.53 Å². The van der Waals surface area contributed by atoms with Crippen LogP contribution >= 0.6 is 27.7 Å². The molecule has 0 aliphatic carbocycles. The van der Waals surface area contributed by atoms with Crippen molar-refractivity contribution in [3.8, 4) is 5.75 Å². The predicted octanol–water partition coefficient (Wildman–Crippen LogP) is 7.04. The van der Waals surface area contributed by atoms with Crippen molar-refractivity contribution in [3.63, 3.8) is 0 Å². The van der Waals surface area contributed by atoms with E-state index in [1.54, 1.807) is 4.90 Å². The van der Waals surface area contributed by atoms with Crippen LogP contribution < -0.4 is 9.64 Å². The summed E-state index contributed by atoms with van der Waals surface area (Å²) < 4.78 is 6.87. The topological polar surface area (TPSA) is 41.9 Å². The molecule has 0 bridgehead atoms. The van der Waals surface area contributed by atoms with E-state index in [0.717, 1.165) is 27.2 Å². The summed E-state index contributed by atoms with van der Waals surface area (Å²) in [6, 6.07) is 25.0. The molecule has 3 aromatic rings. The molecular formula is C25H21BrN2O2S. The highest BCUT2D eigenvalue weighted by Crippen LogP contribution is 2.38. The zero-order chi connectivity index (χ0) is 21.8. The van der Waals surface area contributed by atoms with E-state index in [-0.39, 0.29) is 12.0 Å². The number of carbonyl (C=O) groups is 1. The highest BCUT2D eigenvalue weighted by Gasteiger charge is 2.35. The van der Waals surface area contributed by atoms with Gasteiger partial charge in [0.2, 0.25) is 0 Å². The Balaban J connectivity index is 1.78. The summed E-state index contributed by atoms with van der Waals surface area (Å²) in [5.74, 6) is 0.625. The minimum Gasteiger partial charge on any atom is -0.490 e. The Morgan fingerprint density at radius 1 is 1.00 bits per heavy atom. The largest absolute Gasteiger partial charge is 0.490 e. The Bertz CT molecular complexity index is 1140. The second-order valence-corrected chi connectivity index (χ2v) is 9.09. The first kappa shape index (κ1) is 21.4. The van der Waals surface area contributed by atoms with Crippen LogP contribution in [0.2, 0.25) is 0 Å². The van der Waals surface area contributed by atoms with E-state index in [4.69, 9.17) is 9.73 Å². The number of para-hydroxylation sites is 2. The molecule has 0 atom stereocenters. The van der Waals surface area contributed by atoms with Gasteiger partial charge in [0, 0.05) is 10.0 Å². The van der Waals surface area contributed by atoms with Crippen molar-refractivity contribution in [2.45, 2.75) is 20.0 Å². The molecule has 1 aliphatic rings. The summed E-state index contributed by atoms with van der Waals surface area (Å²) in [5.41, 5.74) is 2.42. The summed E-state index contributed by atoms with van der Waals surface area (Å²) in [5, 5.41) is 0.620. The molecule has 0 spiro atoms. The van der Waals surface area contributed by atoms with Crippen LogP contribution in [-0.2, 0) is 4.79 Å². The first-order chi connectivity index (χ1) is 15.0. The number of amides is 1. The van der Waals surface area contributed by atoms with Gasteiger partial charge in [-0.05, 0) is 74.1 Å². The number of ether oxygens (including phenoxy) is 1. The second-order valence-electron chi connectivity index (χ2n) is 7.17. The van der Waals surface area contributed by atoms with Gasteiger partial charge < -0.3 is 4.74 Å². The van der Waals surface area contributed by atoms with Crippen LogP contribution in [0.25, 0.3) is 6.08 Å². The number of carbonyl (C=O) groups excluding carboxylic acids is 1. The fraction of sp³-hybridized carbons (Fsp3) is 0.120. The van der Waals surface area contributed by atoms with Gasteiger partial charge >= 0.3 is 0 Å². The standard InChI is InChI=1S/C25H21BrN2O2S/c1-17(2)30-22-14-13-19(26)15-18(22)16-23-24(29)28(21-11-7-4-8-12-21)25(31-23)27-20-9-5-3-6-10-20/h3-17H,1-2H3/b23-16+,27-25?. The average molecular weight is 493 g/mol. The average Bonchev–Trinajstić information content (AvgIpc) is 3.06.